The molecule has 3 N–H and O–H groups in total. The van der Waals surface area contributed by atoms with Crippen molar-refractivity contribution in [3.05, 3.63) is 65.7 Å². The highest BCUT2D eigenvalue weighted by atomic mass is 19.4. The lowest BCUT2D eigenvalue weighted by atomic mass is 10.0. The van der Waals surface area contributed by atoms with Crippen molar-refractivity contribution in [2.24, 2.45) is 0 Å². The number of nitrogens with two attached hydrogens (primary N) is 1. The maximum absolute atomic E-state index is 14.6. The molecule has 0 spiro atoms. The standard InChI is InChI=1S/C23H22F4N6O/c1-32-6-8-33(9-7-32)20-5-3-16(23(25,26)27)11-19(20)31-21(34)17-10-14(2-4-18(17)24)15-12-29-22(28)30-13-15/h2-5,10-13H,6-9H2,1H3,(H,31,34)(H2,28,29,30). The maximum atomic E-state index is 14.6. The lowest BCUT2D eigenvalue weighted by Gasteiger charge is -2.35. The van der Waals surface area contributed by atoms with E-state index in [2.05, 4.69) is 20.2 Å². The summed E-state index contributed by atoms with van der Waals surface area (Å²) in [5.74, 6) is -1.62. The molecule has 2 heterocycles. The van der Waals surface area contributed by atoms with Crippen LogP contribution >= 0.6 is 0 Å². The van der Waals surface area contributed by atoms with E-state index in [1.165, 1.54) is 30.6 Å². The lowest BCUT2D eigenvalue weighted by molar-refractivity contribution is -0.137. The highest BCUT2D eigenvalue weighted by Crippen LogP contribution is 2.36. The van der Waals surface area contributed by atoms with Crippen LogP contribution in [0.2, 0.25) is 0 Å². The summed E-state index contributed by atoms with van der Waals surface area (Å²) in [5.41, 5.74) is 5.61. The number of carbonyl (C=O) groups is 1. The molecule has 0 aliphatic carbocycles. The van der Waals surface area contributed by atoms with Gasteiger partial charge in [-0.15, -0.1) is 0 Å². The van der Waals surface area contributed by atoms with Crippen LogP contribution in [0.1, 0.15) is 15.9 Å². The predicted octanol–water partition coefficient (Wildman–Crippen LogP) is 3.89. The number of hydrogen-bond acceptors (Lipinski definition) is 6. The van der Waals surface area contributed by atoms with Crippen LogP contribution < -0.4 is 16.0 Å². The van der Waals surface area contributed by atoms with E-state index in [-0.39, 0.29) is 17.2 Å². The van der Waals surface area contributed by atoms with Crippen LogP contribution in [-0.4, -0.2) is 54.0 Å². The maximum Gasteiger partial charge on any atom is 0.416 e. The predicted molar refractivity (Wildman–Crippen MR) is 121 cm³/mol. The number of rotatable bonds is 4. The first-order chi connectivity index (χ1) is 16.1. The monoisotopic (exact) mass is 474 g/mol. The van der Waals surface area contributed by atoms with Gasteiger partial charge in [0.15, 0.2) is 0 Å². The summed E-state index contributed by atoms with van der Waals surface area (Å²) >= 11 is 0. The molecule has 1 aromatic heterocycles. The van der Waals surface area contributed by atoms with Gasteiger partial charge < -0.3 is 20.9 Å². The number of anilines is 3. The summed E-state index contributed by atoms with van der Waals surface area (Å²) in [6.45, 7) is 2.58. The molecule has 2 aromatic carbocycles. The summed E-state index contributed by atoms with van der Waals surface area (Å²) in [7, 11) is 1.95. The molecular formula is C23H22F4N6O. The molecule has 4 rings (SSSR count). The smallest absolute Gasteiger partial charge is 0.368 e. The van der Waals surface area contributed by atoms with Crippen LogP contribution in [0.4, 0.5) is 34.9 Å². The van der Waals surface area contributed by atoms with Crippen molar-refractivity contribution in [1.82, 2.24) is 14.9 Å². The summed E-state index contributed by atoms with van der Waals surface area (Å²) in [6, 6.07) is 7.03. The van der Waals surface area contributed by atoms with E-state index in [0.29, 0.717) is 29.9 Å². The van der Waals surface area contributed by atoms with Gasteiger partial charge in [-0.3, -0.25) is 4.79 Å². The zero-order valence-corrected chi connectivity index (χ0v) is 18.2. The van der Waals surface area contributed by atoms with Gasteiger partial charge in [0.1, 0.15) is 5.82 Å². The fourth-order valence-corrected chi connectivity index (χ4v) is 3.69. The molecule has 34 heavy (non-hydrogen) atoms. The van der Waals surface area contributed by atoms with Crippen molar-refractivity contribution in [2.45, 2.75) is 6.18 Å². The van der Waals surface area contributed by atoms with Crippen molar-refractivity contribution in [3.63, 3.8) is 0 Å². The fourth-order valence-electron chi connectivity index (χ4n) is 3.69. The van der Waals surface area contributed by atoms with Crippen molar-refractivity contribution < 1.29 is 22.4 Å². The second-order valence-corrected chi connectivity index (χ2v) is 8.00. The van der Waals surface area contributed by atoms with Gasteiger partial charge >= 0.3 is 6.18 Å². The van der Waals surface area contributed by atoms with E-state index in [1.54, 1.807) is 0 Å². The van der Waals surface area contributed by atoms with Crippen LogP contribution in [0, 0.1) is 5.82 Å². The molecule has 0 saturated carbocycles. The Morgan fingerprint density at radius 1 is 1.00 bits per heavy atom. The molecule has 11 heteroatoms. The van der Waals surface area contributed by atoms with E-state index >= 15 is 0 Å². The topological polar surface area (TPSA) is 87.4 Å². The normalized spacial score (nSPS) is 14.8. The molecule has 178 valence electrons. The Hall–Kier alpha value is -3.73. The Kier molecular flexibility index (Phi) is 6.38. The summed E-state index contributed by atoms with van der Waals surface area (Å²) in [6.07, 6.45) is -1.74. The second kappa shape index (κ2) is 9.26. The van der Waals surface area contributed by atoms with Gasteiger partial charge in [0.2, 0.25) is 5.95 Å². The molecule has 0 radical (unpaired) electrons. The van der Waals surface area contributed by atoms with Gasteiger partial charge in [0, 0.05) is 44.1 Å². The number of alkyl halides is 3. The first-order valence-corrected chi connectivity index (χ1v) is 10.5. The van der Waals surface area contributed by atoms with Crippen LogP contribution in [0.15, 0.2) is 48.8 Å². The largest absolute Gasteiger partial charge is 0.416 e. The number of piperazine rings is 1. The number of nitrogens with zero attached hydrogens (tertiary/aromatic N) is 4. The van der Waals surface area contributed by atoms with Gasteiger partial charge in [0.25, 0.3) is 5.91 Å². The Labute approximate surface area is 193 Å². The first-order valence-electron chi connectivity index (χ1n) is 10.5. The number of amides is 1. The Morgan fingerprint density at radius 3 is 2.32 bits per heavy atom. The van der Waals surface area contributed by atoms with Crippen LogP contribution in [0.25, 0.3) is 11.1 Å². The summed E-state index contributed by atoms with van der Waals surface area (Å²) in [4.78, 5) is 24.8. The summed E-state index contributed by atoms with van der Waals surface area (Å²) in [5, 5.41) is 2.49. The number of benzene rings is 2. The molecule has 0 bridgehead atoms. The molecule has 1 amide bonds. The van der Waals surface area contributed by atoms with E-state index in [0.717, 1.165) is 31.3 Å². The minimum absolute atomic E-state index is 0.0370. The second-order valence-electron chi connectivity index (χ2n) is 8.00. The number of hydrogen-bond donors (Lipinski definition) is 2. The van der Waals surface area contributed by atoms with Gasteiger partial charge in [-0.05, 0) is 42.9 Å². The molecule has 1 saturated heterocycles. The Bertz CT molecular complexity index is 1190. The van der Waals surface area contributed by atoms with E-state index in [1.807, 2.05) is 11.9 Å². The number of aromatic nitrogens is 2. The van der Waals surface area contributed by atoms with Crippen molar-refractivity contribution in [2.75, 3.05) is 49.2 Å². The third kappa shape index (κ3) is 5.09. The molecule has 7 nitrogen and oxygen atoms in total. The molecule has 0 atom stereocenters. The zero-order chi connectivity index (χ0) is 24.5. The lowest BCUT2D eigenvalue weighted by Crippen LogP contribution is -2.44. The molecular weight excluding hydrogens is 452 g/mol. The van der Waals surface area contributed by atoms with Crippen LogP contribution in [0.5, 0.6) is 0 Å². The van der Waals surface area contributed by atoms with Crippen molar-refractivity contribution in [3.8, 4) is 11.1 Å². The number of carbonyl (C=O) groups excluding carboxylic acids is 1. The van der Waals surface area contributed by atoms with E-state index < -0.39 is 23.5 Å². The van der Waals surface area contributed by atoms with Crippen LogP contribution in [0.3, 0.4) is 0 Å². The quantitative estimate of drug-likeness (QED) is 0.558. The van der Waals surface area contributed by atoms with Gasteiger partial charge in [-0.25, -0.2) is 14.4 Å². The average molecular weight is 474 g/mol. The van der Waals surface area contributed by atoms with Crippen LogP contribution in [-0.2, 0) is 6.18 Å². The van der Waals surface area contributed by atoms with E-state index in [4.69, 9.17) is 5.73 Å². The molecule has 0 unspecified atom stereocenters. The minimum atomic E-state index is -4.60. The third-order valence-corrected chi connectivity index (χ3v) is 5.63. The Balaban J connectivity index is 1.68. The molecule has 1 aliphatic heterocycles. The average Bonchev–Trinajstić information content (AvgIpc) is 2.80. The number of likely N-dealkylation sites (N-methyl/N-ethyl adjacent to an activating group) is 1. The minimum Gasteiger partial charge on any atom is -0.368 e. The first kappa shape index (κ1) is 23.4. The van der Waals surface area contributed by atoms with Gasteiger partial charge in [-0.1, -0.05) is 6.07 Å². The molecule has 1 fully saturated rings. The summed E-state index contributed by atoms with van der Waals surface area (Å²) < 4.78 is 54.7. The number of halogens is 4. The number of nitrogens with one attached hydrogen (secondary N) is 1. The highest BCUT2D eigenvalue weighted by molar-refractivity contribution is 6.06. The zero-order valence-electron chi connectivity index (χ0n) is 18.2. The SMILES string of the molecule is CN1CCN(c2ccc(C(F)(F)F)cc2NC(=O)c2cc(-c3cnc(N)nc3)ccc2F)CC1. The van der Waals surface area contributed by atoms with Crippen molar-refractivity contribution in [1.29, 1.82) is 0 Å². The number of nitrogen functional groups attached to an aromatic ring is 1. The van der Waals surface area contributed by atoms with E-state index in [9.17, 15) is 22.4 Å². The highest BCUT2D eigenvalue weighted by Gasteiger charge is 2.32. The fraction of sp³-hybridized carbons (Fsp3) is 0.261. The third-order valence-electron chi connectivity index (χ3n) is 5.63. The van der Waals surface area contributed by atoms with Gasteiger partial charge in [-0.2, -0.15) is 13.2 Å². The Morgan fingerprint density at radius 2 is 1.68 bits per heavy atom. The molecule has 1 aliphatic rings. The molecule has 3 aromatic rings. The van der Waals surface area contributed by atoms with Gasteiger partial charge in [0.05, 0.1) is 22.5 Å². The van der Waals surface area contributed by atoms with Crippen molar-refractivity contribution >= 4 is 23.2 Å².